The van der Waals surface area contributed by atoms with Gasteiger partial charge in [0.1, 0.15) is 0 Å². The Morgan fingerprint density at radius 2 is 0.947 bits per heavy atom. The van der Waals surface area contributed by atoms with Crippen molar-refractivity contribution in [1.29, 1.82) is 0 Å². The summed E-state index contributed by atoms with van der Waals surface area (Å²) in [4.78, 5) is 4.61. The summed E-state index contributed by atoms with van der Waals surface area (Å²) in [6.07, 6.45) is 1.04. The topological polar surface area (TPSA) is 104 Å². The average molecular weight is 453 g/mol. The maximum atomic E-state index is 7.57. The van der Waals surface area contributed by atoms with Gasteiger partial charge in [-0.2, -0.15) is 0 Å². The molecular formula is C12H34NO5Ta-. The summed E-state index contributed by atoms with van der Waals surface area (Å²) in [6, 6.07) is 0. The number of rotatable bonds is 3. The molecular weight excluding hydrogens is 419 g/mol. The van der Waals surface area contributed by atoms with E-state index in [-0.39, 0.29) is 48.8 Å². The number of hydrogen-bond acceptors (Lipinski definition) is 5. The molecule has 0 aromatic carbocycles. The predicted molar refractivity (Wildman–Crippen MR) is 76.6 cm³/mol. The van der Waals surface area contributed by atoms with Crippen LogP contribution in [-0.2, 0) is 27.2 Å². The first-order valence-electron chi connectivity index (χ1n) is 6.22. The summed E-state index contributed by atoms with van der Waals surface area (Å²) >= 11 is 0. The number of hydroxylamine groups is 1. The van der Waals surface area contributed by atoms with Gasteiger partial charge in [-0.3, -0.25) is 0 Å². The van der Waals surface area contributed by atoms with Crippen molar-refractivity contribution in [3.05, 3.63) is 5.48 Å². The fourth-order valence-electron chi connectivity index (χ4n) is 0.183. The van der Waals surface area contributed by atoms with E-state index in [9.17, 15) is 0 Å². The minimum atomic E-state index is 0. The first kappa shape index (κ1) is 36.6. The van der Waals surface area contributed by atoms with Crippen LogP contribution in [-0.4, -0.2) is 60.5 Å². The first-order valence-corrected chi connectivity index (χ1v) is 6.22. The van der Waals surface area contributed by atoms with Crippen molar-refractivity contribution in [3.63, 3.8) is 0 Å². The molecule has 0 spiro atoms. The van der Waals surface area contributed by atoms with Gasteiger partial charge in [0.2, 0.25) is 0 Å². The zero-order chi connectivity index (χ0) is 15.7. The van der Waals surface area contributed by atoms with Gasteiger partial charge >= 0.3 is 0 Å². The van der Waals surface area contributed by atoms with Gasteiger partial charge in [-0.25, -0.2) is 0 Å². The van der Waals surface area contributed by atoms with Crippen LogP contribution in [0.25, 0.3) is 5.48 Å². The Labute approximate surface area is 134 Å². The van der Waals surface area contributed by atoms with Crippen LogP contribution in [0.3, 0.4) is 0 Å². The molecule has 19 heavy (non-hydrogen) atoms. The molecule has 7 heteroatoms. The van der Waals surface area contributed by atoms with E-state index in [0.29, 0.717) is 0 Å². The Bertz CT molecular complexity index is 62.1. The van der Waals surface area contributed by atoms with E-state index in [4.69, 9.17) is 20.4 Å². The third-order valence-electron chi connectivity index (χ3n) is 0.425. The molecule has 0 fully saturated rings. The van der Waals surface area contributed by atoms with Gasteiger partial charge in [-0.15, -0.1) is 7.05 Å². The summed E-state index contributed by atoms with van der Waals surface area (Å²) in [5.41, 5.74) is 3.43. The van der Waals surface area contributed by atoms with Crippen molar-refractivity contribution >= 4 is 0 Å². The van der Waals surface area contributed by atoms with Gasteiger partial charge in [0.05, 0.1) is 0 Å². The van der Waals surface area contributed by atoms with E-state index >= 15 is 0 Å². The summed E-state index contributed by atoms with van der Waals surface area (Å²) in [7, 11) is 1.63. The molecule has 0 aliphatic rings. The molecule has 0 rings (SSSR count). The third-order valence-corrected chi connectivity index (χ3v) is 0.425. The Balaban J connectivity index is -0.0000000287. The quantitative estimate of drug-likeness (QED) is 0.381. The molecule has 0 saturated heterocycles. The van der Waals surface area contributed by atoms with E-state index in [0.717, 1.165) is 13.0 Å². The van der Waals surface area contributed by atoms with Crippen molar-refractivity contribution in [3.8, 4) is 0 Å². The summed E-state index contributed by atoms with van der Waals surface area (Å²) in [5.74, 6) is 0. The van der Waals surface area contributed by atoms with Crippen molar-refractivity contribution in [2.75, 3.05) is 40.1 Å². The van der Waals surface area contributed by atoms with Crippen molar-refractivity contribution < 1.29 is 47.6 Å². The molecule has 0 heterocycles. The van der Waals surface area contributed by atoms with Gasteiger partial charge < -0.3 is 30.7 Å². The minimum Gasteiger partial charge on any atom is -0.537 e. The molecule has 0 unspecified atom stereocenters. The molecule has 0 aromatic rings. The fourth-order valence-corrected chi connectivity index (χ4v) is 0.183. The Kier molecular flexibility index (Phi) is 151. The molecule has 0 aliphatic carbocycles. The van der Waals surface area contributed by atoms with E-state index < -0.39 is 0 Å². The second-order valence-corrected chi connectivity index (χ2v) is 2.28. The second-order valence-electron chi connectivity index (χ2n) is 2.28. The number of hydrogen-bond donors (Lipinski definition) is 4. The Morgan fingerprint density at radius 3 is 1.00 bits per heavy atom. The van der Waals surface area contributed by atoms with Gasteiger partial charge in [0.25, 0.3) is 0 Å². The summed E-state index contributed by atoms with van der Waals surface area (Å²) in [5, 5.41) is 30.3. The van der Waals surface area contributed by atoms with Gasteiger partial charge in [-0.1, -0.05) is 6.92 Å². The first-order chi connectivity index (χ1) is 8.57. The van der Waals surface area contributed by atoms with Gasteiger partial charge in [-0.05, 0) is 34.1 Å². The smallest absolute Gasteiger partial charge is 0.0402 e. The van der Waals surface area contributed by atoms with Crippen LogP contribution in [0.1, 0.15) is 41.0 Å². The Morgan fingerprint density at radius 1 is 0.737 bits per heavy atom. The molecule has 0 amide bonds. The standard InChI is InChI=1S/C4H10NO.4C2H6O.Ta/c1-3-4-6-5-2;4*1-2-3;/h3-4H2,1-2H3;4*3H,2H2,1H3;/q-1;;;;;. The van der Waals surface area contributed by atoms with Gasteiger partial charge in [0.15, 0.2) is 0 Å². The second kappa shape index (κ2) is 78.4. The number of aliphatic hydroxyl groups excluding tert-OH is 4. The zero-order valence-corrected chi connectivity index (χ0v) is 16.5. The molecule has 0 bridgehead atoms. The largest absolute Gasteiger partial charge is 0.537 e. The van der Waals surface area contributed by atoms with Crippen LogP contribution >= 0.6 is 0 Å². The maximum Gasteiger partial charge on any atom is 0.0402 e. The third kappa shape index (κ3) is 411. The maximum absolute atomic E-state index is 7.57. The van der Waals surface area contributed by atoms with E-state index in [1.807, 2.05) is 6.92 Å². The monoisotopic (exact) mass is 453 g/mol. The summed E-state index contributed by atoms with van der Waals surface area (Å²) < 4.78 is 0. The van der Waals surface area contributed by atoms with E-state index in [2.05, 4.69) is 10.3 Å². The van der Waals surface area contributed by atoms with Crippen LogP contribution in [0.15, 0.2) is 0 Å². The molecule has 4 N–H and O–H groups in total. The van der Waals surface area contributed by atoms with Crippen LogP contribution in [0.2, 0.25) is 0 Å². The van der Waals surface area contributed by atoms with Crippen LogP contribution in [0.5, 0.6) is 0 Å². The van der Waals surface area contributed by atoms with E-state index in [1.54, 1.807) is 34.7 Å². The number of nitrogens with zero attached hydrogens (tertiary/aromatic N) is 1. The molecule has 0 aliphatic heterocycles. The molecule has 0 atom stereocenters. The minimum absolute atomic E-state index is 0. The molecule has 1 radical (unpaired) electrons. The number of aliphatic hydroxyl groups is 4. The van der Waals surface area contributed by atoms with Crippen molar-refractivity contribution in [1.82, 2.24) is 0 Å². The molecule has 123 valence electrons. The molecule has 0 aromatic heterocycles. The van der Waals surface area contributed by atoms with E-state index in [1.165, 1.54) is 0 Å². The fraction of sp³-hybridized carbons (Fsp3) is 1.00. The zero-order valence-electron chi connectivity index (χ0n) is 13.3. The van der Waals surface area contributed by atoms with Crippen LogP contribution in [0, 0.1) is 0 Å². The van der Waals surface area contributed by atoms with Gasteiger partial charge in [0, 0.05) is 55.4 Å². The normalized spacial score (nSPS) is 6.63. The molecule has 0 saturated carbocycles. The predicted octanol–water partition coefficient (Wildman–Crippen LogP) is 1.32. The molecule has 6 nitrogen and oxygen atoms in total. The van der Waals surface area contributed by atoms with Crippen LogP contribution < -0.4 is 0 Å². The van der Waals surface area contributed by atoms with Crippen molar-refractivity contribution in [2.24, 2.45) is 0 Å². The summed E-state index contributed by atoms with van der Waals surface area (Å²) in [6.45, 7) is 10.5. The Hall–Kier alpha value is 0.500. The van der Waals surface area contributed by atoms with Crippen molar-refractivity contribution in [2.45, 2.75) is 41.0 Å². The average Bonchev–Trinajstić information content (AvgIpc) is 2.30. The SMILES string of the molecule is CCCO[N-]C.CCO.CCO.CCO.CCO.[Ta]. The van der Waals surface area contributed by atoms with Crippen LogP contribution in [0.4, 0.5) is 0 Å².